The second-order valence-electron chi connectivity index (χ2n) is 15.0. The van der Waals surface area contributed by atoms with Gasteiger partial charge in [0.05, 0.1) is 29.4 Å². The number of methoxy groups -OCH3 is 1. The summed E-state index contributed by atoms with van der Waals surface area (Å²) in [5.74, 6) is 0.264. The molecule has 250 valence electrons. The van der Waals surface area contributed by atoms with Gasteiger partial charge >= 0.3 is 0 Å². The number of nitrogens with zero attached hydrogens (tertiary/aromatic N) is 2. The zero-order chi connectivity index (χ0) is 32.7. The summed E-state index contributed by atoms with van der Waals surface area (Å²) in [7, 11) is -2.10. The number of benzene rings is 1. The molecule has 1 spiro atoms. The zero-order valence-electron chi connectivity index (χ0n) is 27.7. The summed E-state index contributed by atoms with van der Waals surface area (Å²) >= 11 is 0. The number of aromatic nitrogens is 1. The average Bonchev–Trinajstić information content (AvgIpc) is 3.33. The summed E-state index contributed by atoms with van der Waals surface area (Å²) in [6.45, 7) is 7.11. The zero-order valence-corrected chi connectivity index (χ0v) is 28.5. The Kier molecular flexibility index (Phi) is 7.48. The minimum Gasteiger partial charge on any atom is -0.496 e. The van der Waals surface area contributed by atoms with Gasteiger partial charge in [-0.3, -0.25) is 9.59 Å². The minimum atomic E-state index is -3.81. The monoisotopic (exact) mass is 658 g/mol. The molecule has 10 heteroatoms. The summed E-state index contributed by atoms with van der Waals surface area (Å²) in [6.07, 6.45) is 12.9. The maximum atomic E-state index is 14.6. The van der Waals surface area contributed by atoms with Gasteiger partial charge in [-0.05, 0) is 92.8 Å². The molecule has 1 saturated carbocycles. The Hall–Kier alpha value is -3.37. The van der Waals surface area contributed by atoms with E-state index in [-0.39, 0.29) is 23.2 Å². The minimum absolute atomic E-state index is 0.167. The lowest BCUT2D eigenvalue weighted by Crippen LogP contribution is -2.40. The molecular formula is C37H46N4O5S. The molecule has 9 nitrogen and oxygen atoms in total. The number of sulfonamides is 1. The van der Waals surface area contributed by atoms with Crippen LogP contribution in [0.1, 0.15) is 88.3 Å². The van der Waals surface area contributed by atoms with Crippen LogP contribution in [0.2, 0.25) is 0 Å². The summed E-state index contributed by atoms with van der Waals surface area (Å²) in [5.41, 5.74) is 6.78. The van der Waals surface area contributed by atoms with Gasteiger partial charge in [-0.15, -0.1) is 0 Å². The quantitative estimate of drug-likeness (QED) is 0.450. The smallest absolute Gasteiger partial charge is 0.265 e. The number of likely N-dealkylation sites (tertiary alicyclic amines) is 1. The second-order valence-corrected chi connectivity index (χ2v) is 17.2. The highest BCUT2D eigenvalue weighted by atomic mass is 32.2. The van der Waals surface area contributed by atoms with Crippen LogP contribution in [0.15, 0.2) is 52.6 Å². The molecule has 2 saturated heterocycles. The van der Waals surface area contributed by atoms with Crippen molar-refractivity contribution in [3.05, 3.63) is 63.9 Å². The number of nitrogens with one attached hydrogen (secondary N) is 2. The molecule has 1 aromatic heterocycles. The third-order valence-electron chi connectivity index (χ3n) is 12.0. The van der Waals surface area contributed by atoms with E-state index in [0.717, 1.165) is 90.9 Å². The Labute approximate surface area is 277 Å². The Morgan fingerprint density at radius 1 is 1.13 bits per heavy atom. The highest BCUT2D eigenvalue weighted by molar-refractivity contribution is 7.90. The van der Waals surface area contributed by atoms with Crippen LogP contribution in [0.4, 0.5) is 0 Å². The molecule has 2 amide bonds. The third kappa shape index (κ3) is 5.00. The predicted molar refractivity (Wildman–Crippen MR) is 182 cm³/mol. The third-order valence-corrected chi connectivity index (χ3v) is 13.7. The molecular weight excluding hydrogens is 612 g/mol. The summed E-state index contributed by atoms with van der Waals surface area (Å²) < 4.78 is 36.2. The summed E-state index contributed by atoms with van der Waals surface area (Å²) in [4.78, 5) is 30.4. The van der Waals surface area contributed by atoms with Crippen molar-refractivity contribution in [2.75, 3.05) is 33.3 Å². The van der Waals surface area contributed by atoms with Crippen LogP contribution in [-0.4, -0.2) is 68.2 Å². The highest BCUT2D eigenvalue weighted by Crippen LogP contribution is 2.55. The molecule has 0 bridgehead atoms. The van der Waals surface area contributed by atoms with Crippen LogP contribution >= 0.6 is 0 Å². The molecule has 8 rings (SSSR count). The number of hydrogen-bond acceptors (Lipinski definition) is 6. The lowest BCUT2D eigenvalue weighted by atomic mass is 9.75. The van der Waals surface area contributed by atoms with Crippen LogP contribution in [0.25, 0.3) is 10.9 Å². The largest absolute Gasteiger partial charge is 0.496 e. The van der Waals surface area contributed by atoms with Crippen molar-refractivity contribution in [3.8, 4) is 5.75 Å². The number of amides is 2. The SMILES string of the molecule is COc1ccc(C2CCCCC2)c2c1cc1n2CC2=C(C(=O)NS(=O)(=O)C(C)C)C2=C2C=CC[C@@H](C(=O)N3CCC4(CCNC4)C3)C21. The topological polar surface area (TPSA) is 110 Å². The van der Waals surface area contributed by atoms with E-state index in [2.05, 4.69) is 49.9 Å². The van der Waals surface area contributed by atoms with Crippen LogP contribution in [0.3, 0.4) is 0 Å². The Balaban J connectivity index is 1.28. The van der Waals surface area contributed by atoms with E-state index < -0.39 is 21.2 Å². The number of carbonyl (C=O) groups excluding carboxylic acids is 2. The van der Waals surface area contributed by atoms with E-state index in [0.29, 0.717) is 24.5 Å². The van der Waals surface area contributed by atoms with Crippen molar-refractivity contribution < 1.29 is 22.7 Å². The molecule has 3 fully saturated rings. The Morgan fingerprint density at radius 2 is 1.94 bits per heavy atom. The first-order chi connectivity index (χ1) is 22.6. The van der Waals surface area contributed by atoms with Gasteiger partial charge in [0, 0.05) is 48.6 Å². The lowest BCUT2D eigenvalue weighted by Gasteiger charge is -2.34. The van der Waals surface area contributed by atoms with Crippen LogP contribution in [0, 0.1) is 11.3 Å². The molecule has 3 atom stereocenters. The summed E-state index contributed by atoms with van der Waals surface area (Å²) in [6, 6.07) is 6.55. The van der Waals surface area contributed by atoms with Gasteiger partial charge in [-0.2, -0.15) is 0 Å². The number of carbonyl (C=O) groups is 2. The first-order valence-electron chi connectivity index (χ1n) is 17.5. The van der Waals surface area contributed by atoms with Crippen molar-refractivity contribution in [1.82, 2.24) is 19.5 Å². The van der Waals surface area contributed by atoms with Crippen LogP contribution < -0.4 is 14.8 Å². The maximum absolute atomic E-state index is 14.6. The van der Waals surface area contributed by atoms with E-state index in [4.69, 9.17) is 4.74 Å². The van der Waals surface area contributed by atoms with Gasteiger partial charge in [-0.25, -0.2) is 13.1 Å². The van der Waals surface area contributed by atoms with Gasteiger partial charge in [0.2, 0.25) is 15.9 Å². The molecule has 3 aliphatic heterocycles. The fraction of sp³-hybridized carbons (Fsp3) is 0.568. The van der Waals surface area contributed by atoms with Crippen molar-refractivity contribution in [2.45, 2.75) is 88.8 Å². The fourth-order valence-corrected chi connectivity index (χ4v) is 9.90. The average molecular weight is 659 g/mol. The molecule has 2 unspecified atom stereocenters. The van der Waals surface area contributed by atoms with Crippen molar-refractivity contribution >= 4 is 32.7 Å². The van der Waals surface area contributed by atoms with E-state index in [1.165, 1.54) is 24.8 Å². The number of rotatable bonds is 6. The molecule has 0 radical (unpaired) electrons. The number of fused-ring (bicyclic) bond motifs is 6. The molecule has 2 aromatic rings. The van der Waals surface area contributed by atoms with E-state index in [1.54, 1.807) is 21.0 Å². The van der Waals surface area contributed by atoms with Crippen molar-refractivity contribution in [1.29, 1.82) is 0 Å². The molecule has 3 aliphatic carbocycles. The van der Waals surface area contributed by atoms with Gasteiger partial charge in [0.25, 0.3) is 5.91 Å². The van der Waals surface area contributed by atoms with Gasteiger partial charge in [0.15, 0.2) is 0 Å². The fourth-order valence-electron chi connectivity index (χ4n) is 9.31. The van der Waals surface area contributed by atoms with Gasteiger partial charge < -0.3 is 19.5 Å². The molecule has 6 aliphatic rings. The highest BCUT2D eigenvalue weighted by Gasteiger charge is 2.50. The van der Waals surface area contributed by atoms with E-state index >= 15 is 0 Å². The second kappa shape index (κ2) is 11.4. The first-order valence-corrected chi connectivity index (χ1v) is 19.1. The number of hydrogen-bond donors (Lipinski definition) is 2. The van der Waals surface area contributed by atoms with Gasteiger partial charge in [-0.1, -0.05) is 37.5 Å². The molecule has 4 heterocycles. The normalized spacial score (nSPS) is 27.4. The Morgan fingerprint density at radius 3 is 2.66 bits per heavy atom. The standard InChI is InChI=1S/C37H46N4O5S/c1-22(2)47(44,45)39-35(42)33-28-19-41-29(18-27-30(46-3)13-12-24(34(27)41)23-8-5-4-6-9-23)31-25(32(28)33)10-7-11-26(31)36(43)40-17-15-37(21-40)14-16-38-20-37/h7,10,12-13,18,22-23,26,31,38H,4-6,8-9,11,14-17,19-21H2,1-3H3,(H,39,42)/t26-,31?,37?/m1/s1. The van der Waals surface area contributed by atoms with E-state index in [9.17, 15) is 18.0 Å². The van der Waals surface area contributed by atoms with Crippen LogP contribution in [-0.2, 0) is 26.2 Å². The van der Waals surface area contributed by atoms with Crippen molar-refractivity contribution in [2.24, 2.45) is 11.3 Å². The molecule has 1 aromatic carbocycles. The predicted octanol–water partition coefficient (Wildman–Crippen LogP) is 5.04. The Bertz CT molecular complexity index is 1870. The summed E-state index contributed by atoms with van der Waals surface area (Å²) in [5, 5.41) is 3.82. The molecule has 47 heavy (non-hydrogen) atoms. The maximum Gasteiger partial charge on any atom is 0.265 e. The number of allylic oxidation sites excluding steroid dienone is 4. The van der Waals surface area contributed by atoms with Crippen molar-refractivity contribution in [3.63, 3.8) is 0 Å². The van der Waals surface area contributed by atoms with Crippen LogP contribution in [0.5, 0.6) is 5.75 Å². The first kappa shape index (κ1) is 30.9. The number of ether oxygens (including phenoxy) is 1. The lowest BCUT2D eigenvalue weighted by molar-refractivity contribution is -0.135. The molecule has 2 N–H and O–H groups in total. The van der Waals surface area contributed by atoms with E-state index in [1.807, 2.05) is 0 Å². The van der Waals surface area contributed by atoms with Gasteiger partial charge in [0.1, 0.15) is 5.75 Å².